The van der Waals surface area contributed by atoms with E-state index < -0.39 is 29.3 Å². The summed E-state index contributed by atoms with van der Waals surface area (Å²) in [5.74, 6) is -1.38. The average molecular weight is 314 g/mol. The first-order valence-electron chi connectivity index (χ1n) is 7.19. The number of nitrogens with one attached hydrogen (secondary N) is 2. The highest BCUT2D eigenvalue weighted by molar-refractivity contribution is 5.74. The van der Waals surface area contributed by atoms with Crippen molar-refractivity contribution in [2.45, 2.75) is 31.4 Å². The molecule has 0 radical (unpaired) electrons. The molecule has 0 saturated carbocycles. The summed E-state index contributed by atoms with van der Waals surface area (Å²) in [7, 11) is 0. The number of ether oxygens (including phenoxy) is 1. The number of benzene rings is 1. The van der Waals surface area contributed by atoms with Crippen molar-refractivity contribution in [3.63, 3.8) is 0 Å². The summed E-state index contributed by atoms with van der Waals surface area (Å²) in [4.78, 5) is 11.8. The van der Waals surface area contributed by atoms with Crippen LogP contribution in [0.2, 0.25) is 0 Å². The van der Waals surface area contributed by atoms with Crippen LogP contribution in [0.25, 0.3) is 0 Å². The molecule has 2 rings (SSSR count). The zero-order valence-electron chi connectivity index (χ0n) is 12.4. The van der Waals surface area contributed by atoms with Crippen molar-refractivity contribution in [1.29, 1.82) is 0 Å². The first kappa shape index (κ1) is 16.6. The van der Waals surface area contributed by atoms with Crippen molar-refractivity contribution in [3.05, 3.63) is 35.4 Å². The van der Waals surface area contributed by atoms with Crippen LogP contribution in [0.4, 0.5) is 13.6 Å². The van der Waals surface area contributed by atoms with Gasteiger partial charge in [-0.15, -0.1) is 0 Å². The molecule has 1 atom stereocenters. The molecule has 1 aromatic carbocycles. The Morgan fingerprint density at radius 3 is 2.73 bits per heavy atom. The van der Waals surface area contributed by atoms with E-state index in [2.05, 4.69) is 10.6 Å². The number of carbonyl (C=O) groups is 1. The quantitative estimate of drug-likeness (QED) is 0.794. The smallest absolute Gasteiger partial charge is 0.315 e. The standard InChI is InChI=1S/C15H20F2N2O3/c1-10(12-3-2-11(16)8-13(12)17)19-14(20)18-9-15(21)4-6-22-7-5-15/h2-3,8,10,21H,4-7,9H2,1H3,(H2,18,19,20). The number of carbonyl (C=O) groups excluding carboxylic acids is 1. The number of aliphatic hydroxyl groups is 1. The zero-order valence-corrected chi connectivity index (χ0v) is 12.4. The molecule has 1 unspecified atom stereocenters. The molecule has 1 saturated heterocycles. The van der Waals surface area contributed by atoms with E-state index in [1.54, 1.807) is 6.92 Å². The van der Waals surface area contributed by atoms with Gasteiger partial charge in [0.2, 0.25) is 0 Å². The molecule has 122 valence electrons. The van der Waals surface area contributed by atoms with Crippen molar-refractivity contribution in [1.82, 2.24) is 10.6 Å². The Labute approximate surface area is 127 Å². The number of rotatable bonds is 4. The minimum Gasteiger partial charge on any atom is -0.388 e. The van der Waals surface area contributed by atoms with Gasteiger partial charge in [-0.3, -0.25) is 0 Å². The third-order valence-electron chi connectivity index (χ3n) is 3.78. The van der Waals surface area contributed by atoms with Crippen LogP contribution in [0.1, 0.15) is 31.4 Å². The fourth-order valence-corrected chi connectivity index (χ4v) is 2.35. The molecule has 1 aliphatic heterocycles. The summed E-state index contributed by atoms with van der Waals surface area (Å²) in [6, 6.07) is 2.07. The fraction of sp³-hybridized carbons (Fsp3) is 0.533. The lowest BCUT2D eigenvalue weighted by Crippen LogP contribution is -2.49. The second-order valence-electron chi connectivity index (χ2n) is 5.55. The van der Waals surface area contributed by atoms with Gasteiger partial charge in [-0.25, -0.2) is 13.6 Å². The molecule has 1 aromatic rings. The van der Waals surface area contributed by atoms with Gasteiger partial charge in [-0.1, -0.05) is 6.07 Å². The van der Waals surface area contributed by atoms with Crippen molar-refractivity contribution >= 4 is 6.03 Å². The van der Waals surface area contributed by atoms with Gasteiger partial charge >= 0.3 is 6.03 Å². The molecular formula is C15H20F2N2O3. The zero-order chi connectivity index (χ0) is 16.2. The number of amides is 2. The van der Waals surface area contributed by atoms with Crippen molar-refractivity contribution < 1.29 is 23.4 Å². The van der Waals surface area contributed by atoms with Crippen LogP contribution in [0, 0.1) is 11.6 Å². The van der Waals surface area contributed by atoms with Crippen LogP contribution in [-0.2, 0) is 4.74 Å². The van der Waals surface area contributed by atoms with Gasteiger partial charge in [-0.05, 0) is 13.0 Å². The summed E-state index contributed by atoms with van der Waals surface area (Å²) in [6.45, 7) is 2.61. The second kappa shape index (κ2) is 7.02. The Kier molecular flexibility index (Phi) is 5.31. The van der Waals surface area contributed by atoms with Gasteiger partial charge < -0.3 is 20.5 Å². The SMILES string of the molecule is CC(NC(=O)NCC1(O)CCOCC1)c1ccc(F)cc1F. The molecule has 0 bridgehead atoms. The molecule has 0 aromatic heterocycles. The number of hydrogen-bond acceptors (Lipinski definition) is 3. The monoisotopic (exact) mass is 314 g/mol. The van der Waals surface area contributed by atoms with Crippen LogP contribution in [-0.4, -0.2) is 36.5 Å². The van der Waals surface area contributed by atoms with Crippen molar-refractivity contribution in [3.8, 4) is 0 Å². The number of urea groups is 1. The van der Waals surface area contributed by atoms with E-state index >= 15 is 0 Å². The van der Waals surface area contributed by atoms with Crippen molar-refractivity contribution in [2.24, 2.45) is 0 Å². The van der Waals surface area contributed by atoms with Crippen LogP contribution < -0.4 is 10.6 Å². The fourth-order valence-electron chi connectivity index (χ4n) is 2.35. The van der Waals surface area contributed by atoms with Gasteiger partial charge in [-0.2, -0.15) is 0 Å². The summed E-state index contributed by atoms with van der Waals surface area (Å²) in [6.07, 6.45) is 0.908. The largest absolute Gasteiger partial charge is 0.388 e. The Morgan fingerprint density at radius 1 is 1.41 bits per heavy atom. The number of halogens is 2. The molecule has 2 amide bonds. The molecular weight excluding hydrogens is 294 g/mol. The van der Waals surface area contributed by atoms with Crippen LogP contribution in [0.15, 0.2) is 18.2 Å². The van der Waals surface area contributed by atoms with Crippen LogP contribution >= 0.6 is 0 Å². The average Bonchev–Trinajstić information content (AvgIpc) is 2.46. The van der Waals surface area contributed by atoms with Gasteiger partial charge in [0.25, 0.3) is 0 Å². The normalized spacial score (nSPS) is 18.5. The highest BCUT2D eigenvalue weighted by Crippen LogP contribution is 2.20. The molecule has 1 fully saturated rings. The van der Waals surface area contributed by atoms with E-state index in [0.717, 1.165) is 12.1 Å². The third-order valence-corrected chi connectivity index (χ3v) is 3.78. The highest BCUT2D eigenvalue weighted by atomic mass is 19.1. The maximum Gasteiger partial charge on any atom is 0.315 e. The third kappa shape index (κ3) is 4.38. The second-order valence-corrected chi connectivity index (χ2v) is 5.55. The Balaban J connectivity index is 1.86. The Hall–Kier alpha value is -1.73. The lowest BCUT2D eigenvalue weighted by Gasteiger charge is -2.32. The Bertz CT molecular complexity index is 534. The summed E-state index contributed by atoms with van der Waals surface area (Å²) >= 11 is 0. The lowest BCUT2D eigenvalue weighted by molar-refractivity contribution is -0.0600. The molecule has 0 spiro atoms. The maximum absolute atomic E-state index is 13.6. The minimum absolute atomic E-state index is 0.0980. The highest BCUT2D eigenvalue weighted by Gasteiger charge is 2.30. The van der Waals surface area contributed by atoms with Crippen LogP contribution in [0.5, 0.6) is 0 Å². The first-order chi connectivity index (χ1) is 10.4. The lowest BCUT2D eigenvalue weighted by atomic mass is 9.94. The molecule has 1 aliphatic rings. The van der Waals surface area contributed by atoms with Gasteiger partial charge in [0, 0.05) is 44.2 Å². The van der Waals surface area contributed by atoms with Gasteiger partial charge in [0.05, 0.1) is 11.6 Å². The van der Waals surface area contributed by atoms with Gasteiger partial charge in [0.1, 0.15) is 11.6 Å². The number of hydrogen-bond donors (Lipinski definition) is 3. The van der Waals surface area contributed by atoms with E-state index in [0.29, 0.717) is 26.1 Å². The van der Waals surface area contributed by atoms with E-state index in [1.807, 2.05) is 0 Å². The topological polar surface area (TPSA) is 70.6 Å². The van der Waals surface area contributed by atoms with Gasteiger partial charge in [0.15, 0.2) is 0 Å². The van der Waals surface area contributed by atoms with Crippen LogP contribution in [0.3, 0.4) is 0 Å². The maximum atomic E-state index is 13.6. The molecule has 7 heteroatoms. The summed E-state index contributed by atoms with van der Waals surface area (Å²) in [5.41, 5.74) is -0.777. The molecule has 5 nitrogen and oxygen atoms in total. The molecule has 0 aliphatic carbocycles. The van der Waals surface area contributed by atoms with E-state index in [4.69, 9.17) is 4.74 Å². The van der Waals surface area contributed by atoms with E-state index in [-0.39, 0.29) is 12.1 Å². The molecule has 1 heterocycles. The summed E-state index contributed by atoms with van der Waals surface area (Å²) in [5, 5.41) is 15.4. The van der Waals surface area contributed by atoms with E-state index in [9.17, 15) is 18.7 Å². The molecule has 22 heavy (non-hydrogen) atoms. The van der Waals surface area contributed by atoms with E-state index in [1.165, 1.54) is 6.07 Å². The predicted octanol–water partition coefficient (Wildman–Crippen LogP) is 1.87. The van der Waals surface area contributed by atoms with Crippen molar-refractivity contribution in [2.75, 3.05) is 19.8 Å². The Morgan fingerprint density at radius 2 is 2.09 bits per heavy atom. The summed E-state index contributed by atoms with van der Waals surface area (Å²) < 4.78 is 31.6. The predicted molar refractivity (Wildman–Crippen MR) is 76.3 cm³/mol. The first-order valence-corrected chi connectivity index (χ1v) is 7.19. The molecule has 3 N–H and O–H groups in total. The minimum atomic E-state index is -0.972.